The van der Waals surface area contributed by atoms with Crippen LogP contribution in [0, 0.1) is 0 Å². The second-order valence-corrected chi connectivity index (χ2v) is 6.11. The van der Waals surface area contributed by atoms with Gasteiger partial charge in [0.15, 0.2) is 0 Å². The Morgan fingerprint density at radius 2 is 1.88 bits per heavy atom. The van der Waals surface area contributed by atoms with Crippen LogP contribution in [0.2, 0.25) is 0 Å². The summed E-state index contributed by atoms with van der Waals surface area (Å²) in [7, 11) is 0. The first-order chi connectivity index (χ1) is 11.8. The van der Waals surface area contributed by atoms with E-state index in [4.69, 9.17) is 0 Å². The van der Waals surface area contributed by atoms with Gasteiger partial charge in [-0.1, -0.05) is 38.0 Å². The Morgan fingerprint density at radius 3 is 2.62 bits per heavy atom. The maximum absolute atomic E-state index is 12.7. The molecule has 2 heterocycles. The Balaban J connectivity index is 1.77. The molecule has 5 heteroatoms. The normalized spacial score (nSPS) is 15.0. The number of rotatable bonds is 4. The molecular formula is C19H24N4O. The highest BCUT2D eigenvalue weighted by Crippen LogP contribution is 2.19. The molecule has 0 radical (unpaired) electrons. The minimum absolute atomic E-state index is 0.00567. The fourth-order valence-corrected chi connectivity index (χ4v) is 3.04. The van der Waals surface area contributed by atoms with Gasteiger partial charge in [0.05, 0.1) is 0 Å². The van der Waals surface area contributed by atoms with Gasteiger partial charge in [0.1, 0.15) is 5.69 Å². The van der Waals surface area contributed by atoms with Crippen molar-refractivity contribution in [2.45, 2.75) is 39.0 Å². The second-order valence-electron chi connectivity index (χ2n) is 6.11. The van der Waals surface area contributed by atoms with E-state index in [0.717, 1.165) is 38.0 Å². The van der Waals surface area contributed by atoms with Crippen molar-refractivity contribution in [1.29, 1.82) is 0 Å². The number of hydrogen-bond donors (Lipinski definition) is 1. The summed E-state index contributed by atoms with van der Waals surface area (Å²) >= 11 is 0. The molecule has 0 bridgehead atoms. The number of amides is 1. The fourth-order valence-electron chi connectivity index (χ4n) is 3.04. The van der Waals surface area contributed by atoms with Crippen LogP contribution in [0.3, 0.4) is 0 Å². The van der Waals surface area contributed by atoms with Crippen molar-refractivity contribution in [2.24, 2.45) is 0 Å². The summed E-state index contributed by atoms with van der Waals surface area (Å²) in [5.74, 6) is 0.475. The number of nitrogens with zero attached hydrogens (tertiary/aromatic N) is 3. The average Bonchev–Trinajstić information content (AvgIpc) is 2.91. The van der Waals surface area contributed by atoms with E-state index in [1.807, 2.05) is 23.1 Å². The smallest absolute Gasteiger partial charge is 0.272 e. The van der Waals surface area contributed by atoms with Gasteiger partial charge in [-0.05, 0) is 37.0 Å². The van der Waals surface area contributed by atoms with E-state index in [1.54, 1.807) is 12.3 Å². The van der Waals surface area contributed by atoms with Crippen LogP contribution in [0.4, 0.5) is 11.6 Å². The molecule has 0 aliphatic carbocycles. The van der Waals surface area contributed by atoms with Gasteiger partial charge < -0.3 is 10.2 Å². The predicted molar refractivity (Wildman–Crippen MR) is 95.5 cm³/mol. The lowest BCUT2D eigenvalue weighted by molar-refractivity contribution is 0.0755. The second kappa shape index (κ2) is 7.90. The zero-order valence-corrected chi connectivity index (χ0v) is 14.2. The van der Waals surface area contributed by atoms with Crippen molar-refractivity contribution in [3.8, 4) is 0 Å². The highest BCUT2D eigenvalue weighted by atomic mass is 16.2. The lowest BCUT2D eigenvalue weighted by Crippen LogP contribution is -2.32. The number of carbonyl (C=O) groups excluding carboxylic acids is 1. The first-order valence-corrected chi connectivity index (χ1v) is 8.75. The Morgan fingerprint density at radius 1 is 1.12 bits per heavy atom. The monoisotopic (exact) mass is 324 g/mol. The number of benzene rings is 1. The van der Waals surface area contributed by atoms with Gasteiger partial charge in [-0.2, -0.15) is 0 Å². The Labute approximate surface area is 143 Å². The Hall–Kier alpha value is -2.43. The molecule has 1 aromatic carbocycles. The van der Waals surface area contributed by atoms with Gasteiger partial charge in [-0.15, -0.1) is 0 Å². The molecule has 1 aliphatic rings. The van der Waals surface area contributed by atoms with Crippen LogP contribution in [0.25, 0.3) is 0 Å². The first kappa shape index (κ1) is 16.4. The fraction of sp³-hybridized carbons (Fsp3) is 0.421. The van der Waals surface area contributed by atoms with Crippen LogP contribution < -0.4 is 5.32 Å². The van der Waals surface area contributed by atoms with E-state index in [1.165, 1.54) is 18.4 Å². The first-order valence-electron chi connectivity index (χ1n) is 8.75. The zero-order chi connectivity index (χ0) is 16.8. The van der Waals surface area contributed by atoms with Crippen molar-refractivity contribution >= 4 is 17.5 Å². The molecule has 1 fully saturated rings. The van der Waals surface area contributed by atoms with Crippen LogP contribution in [-0.4, -0.2) is 33.9 Å². The molecule has 3 rings (SSSR count). The molecule has 24 heavy (non-hydrogen) atoms. The van der Waals surface area contributed by atoms with Gasteiger partial charge >= 0.3 is 0 Å². The number of aryl methyl sites for hydroxylation is 1. The number of nitrogens with one attached hydrogen (secondary N) is 1. The molecule has 126 valence electrons. The summed E-state index contributed by atoms with van der Waals surface area (Å²) in [4.78, 5) is 23.3. The third-order valence-electron chi connectivity index (χ3n) is 4.41. The number of anilines is 2. The molecule has 1 amide bonds. The summed E-state index contributed by atoms with van der Waals surface area (Å²) in [6, 6.07) is 9.78. The third kappa shape index (κ3) is 3.91. The summed E-state index contributed by atoms with van der Waals surface area (Å²) in [5.41, 5.74) is 2.65. The van der Waals surface area contributed by atoms with Gasteiger partial charge in [0.25, 0.3) is 5.91 Å². The minimum Gasteiger partial charge on any atom is -0.337 e. The molecule has 0 atom stereocenters. The SMILES string of the molecule is CCc1ccccc1Nc1nccc(C(=O)N2CCCCCC2)n1. The van der Waals surface area contributed by atoms with Crippen LogP contribution in [-0.2, 0) is 6.42 Å². The third-order valence-corrected chi connectivity index (χ3v) is 4.41. The lowest BCUT2D eigenvalue weighted by atomic mass is 10.1. The standard InChI is InChI=1S/C19H24N4O/c1-2-15-9-5-6-10-16(15)21-19-20-12-11-17(22-19)18(24)23-13-7-3-4-8-14-23/h5-6,9-12H,2-4,7-8,13-14H2,1H3,(H,20,21,22). The van der Waals surface area contributed by atoms with Crippen LogP contribution in [0.5, 0.6) is 0 Å². The number of likely N-dealkylation sites (tertiary alicyclic amines) is 1. The summed E-state index contributed by atoms with van der Waals surface area (Å²) in [6.07, 6.45) is 7.13. The van der Waals surface area contributed by atoms with Crippen LogP contribution in [0.15, 0.2) is 36.5 Å². The molecule has 5 nitrogen and oxygen atoms in total. The lowest BCUT2D eigenvalue weighted by Gasteiger charge is -2.20. The molecule has 1 N–H and O–H groups in total. The topological polar surface area (TPSA) is 58.1 Å². The summed E-state index contributed by atoms with van der Waals surface area (Å²) < 4.78 is 0. The van der Waals surface area contributed by atoms with E-state index in [2.05, 4.69) is 28.3 Å². The molecule has 2 aromatic rings. The molecule has 1 aliphatic heterocycles. The van der Waals surface area contributed by atoms with E-state index in [0.29, 0.717) is 11.6 Å². The van der Waals surface area contributed by atoms with Crippen LogP contribution in [0.1, 0.15) is 48.7 Å². The van der Waals surface area contributed by atoms with E-state index in [9.17, 15) is 4.79 Å². The highest BCUT2D eigenvalue weighted by molar-refractivity contribution is 5.92. The molecule has 0 unspecified atom stereocenters. The Bertz CT molecular complexity index is 693. The predicted octanol–water partition coefficient (Wildman–Crippen LogP) is 3.80. The summed E-state index contributed by atoms with van der Waals surface area (Å²) in [6.45, 7) is 3.76. The largest absolute Gasteiger partial charge is 0.337 e. The molecule has 1 saturated heterocycles. The van der Waals surface area contributed by atoms with Crippen molar-refractivity contribution in [2.75, 3.05) is 18.4 Å². The van der Waals surface area contributed by atoms with Crippen molar-refractivity contribution in [1.82, 2.24) is 14.9 Å². The Kier molecular flexibility index (Phi) is 5.41. The van der Waals surface area contributed by atoms with Gasteiger partial charge in [0.2, 0.25) is 5.95 Å². The maximum atomic E-state index is 12.7. The average molecular weight is 324 g/mol. The van der Waals surface area contributed by atoms with Gasteiger partial charge in [0, 0.05) is 25.0 Å². The van der Waals surface area contributed by atoms with Gasteiger partial charge in [-0.3, -0.25) is 4.79 Å². The number of aromatic nitrogens is 2. The number of para-hydroxylation sites is 1. The molecule has 0 saturated carbocycles. The van der Waals surface area contributed by atoms with E-state index >= 15 is 0 Å². The molecule has 1 aromatic heterocycles. The van der Waals surface area contributed by atoms with E-state index < -0.39 is 0 Å². The van der Waals surface area contributed by atoms with Crippen molar-refractivity contribution < 1.29 is 4.79 Å². The molecular weight excluding hydrogens is 300 g/mol. The van der Waals surface area contributed by atoms with Crippen molar-refractivity contribution in [3.63, 3.8) is 0 Å². The van der Waals surface area contributed by atoms with Crippen molar-refractivity contribution in [3.05, 3.63) is 47.8 Å². The highest BCUT2D eigenvalue weighted by Gasteiger charge is 2.19. The van der Waals surface area contributed by atoms with E-state index in [-0.39, 0.29) is 5.91 Å². The van der Waals surface area contributed by atoms with Gasteiger partial charge in [-0.25, -0.2) is 9.97 Å². The zero-order valence-electron chi connectivity index (χ0n) is 14.2. The quantitative estimate of drug-likeness (QED) is 0.929. The van der Waals surface area contributed by atoms with Crippen LogP contribution >= 0.6 is 0 Å². The number of hydrogen-bond acceptors (Lipinski definition) is 4. The maximum Gasteiger partial charge on any atom is 0.272 e. The summed E-state index contributed by atoms with van der Waals surface area (Å²) in [5, 5.41) is 3.24. The molecule has 0 spiro atoms. The number of carbonyl (C=O) groups is 1. The minimum atomic E-state index is 0.00567.